The molecule has 5 heteroatoms. The third-order valence-corrected chi connectivity index (χ3v) is 4.66. The molecule has 0 aromatic heterocycles. The van der Waals surface area contributed by atoms with Gasteiger partial charge in [-0.3, -0.25) is 0 Å². The second-order valence-corrected chi connectivity index (χ2v) is 12.1. The summed E-state index contributed by atoms with van der Waals surface area (Å²) in [5.41, 5.74) is 8.23. The van der Waals surface area contributed by atoms with Gasteiger partial charge in [-0.1, -0.05) is 25.6 Å². The van der Waals surface area contributed by atoms with Crippen LogP contribution in [0.2, 0.25) is 19.6 Å². The molecule has 136 valence electrons. The molecule has 4 nitrogen and oxygen atoms in total. The molecule has 0 amide bonds. The Morgan fingerprint density at radius 3 is 2.19 bits per heavy atom. The van der Waals surface area contributed by atoms with Gasteiger partial charge in [0, 0.05) is 24.8 Å². The predicted molar refractivity (Wildman–Crippen MR) is 112 cm³/mol. The van der Waals surface area contributed by atoms with E-state index < -0.39 is 8.07 Å². The van der Waals surface area contributed by atoms with E-state index in [-0.39, 0.29) is 6.61 Å². The van der Waals surface area contributed by atoms with Crippen LogP contribution in [0.4, 0.5) is 17.1 Å². The summed E-state index contributed by atoms with van der Waals surface area (Å²) in [4.78, 5) is 1.99. The van der Waals surface area contributed by atoms with E-state index in [0.29, 0.717) is 6.54 Å². The molecule has 0 aliphatic carbocycles. The smallest absolute Gasteiger partial charge is 0.129 e. The van der Waals surface area contributed by atoms with Crippen LogP contribution in [0.1, 0.15) is 11.1 Å². The fourth-order valence-electron chi connectivity index (χ4n) is 2.27. The van der Waals surface area contributed by atoms with Gasteiger partial charge in [0.05, 0.1) is 18.0 Å². The highest BCUT2D eigenvalue weighted by Gasteiger charge is 2.08. The van der Waals surface area contributed by atoms with Crippen LogP contribution in [-0.4, -0.2) is 33.4 Å². The molecule has 0 spiro atoms. The minimum Gasteiger partial charge on any atom is -0.395 e. The molecule has 0 saturated heterocycles. The molecule has 1 N–H and O–H groups in total. The molecule has 0 atom stereocenters. The van der Waals surface area contributed by atoms with E-state index in [9.17, 15) is 0 Å². The van der Waals surface area contributed by atoms with Crippen LogP contribution in [-0.2, 0) is 0 Å². The van der Waals surface area contributed by atoms with Crippen LogP contribution >= 0.6 is 0 Å². The first-order valence-electron chi connectivity index (χ1n) is 8.76. The van der Waals surface area contributed by atoms with Crippen LogP contribution in [0.15, 0.2) is 52.7 Å². The van der Waals surface area contributed by atoms with Crippen molar-refractivity contribution >= 4 is 25.1 Å². The van der Waals surface area contributed by atoms with E-state index in [2.05, 4.69) is 48.3 Å². The molecular weight excluding hydrogens is 338 g/mol. The Bertz CT molecular complexity index is 827. The third-order valence-electron chi connectivity index (χ3n) is 3.79. The third kappa shape index (κ3) is 6.14. The minimum absolute atomic E-state index is 0.135. The summed E-state index contributed by atoms with van der Waals surface area (Å²) >= 11 is 0. The summed E-state index contributed by atoms with van der Waals surface area (Å²) in [7, 11) is 0.572. The second-order valence-electron chi connectivity index (χ2n) is 7.36. The van der Waals surface area contributed by atoms with Crippen LogP contribution in [0.3, 0.4) is 0 Å². The molecule has 26 heavy (non-hydrogen) atoms. The summed E-state index contributed by atoms with van der Waals surface area (Å²) in [6.45, 7) is 9.52. The molecule has 0 bridgehead atoms. The van der Waals surface area contributed by atoms with Crippen LogP contribution in [0, 0.1) is 18.4 Å². The van der Waals surface area contributed by atoms with Crippen molar-refractivity contribution in [3.05, 3.63) is 53.6 Å². The zero-order chi connectivity index (χ0) is 19.2. The molecule has 0 fully saturated rings. The number of aliphatic hydroxyl groups excluding tert-OH is 1. The largest absolute Gasteiger partial charge is 0.395 e. The van der Waals surface area contributed by atoms with Crippen LogP contribution < -0.4 is 4.90 Å². The van der Waals surface area contributed by atoms with Crippen molar-refractivity contribution in [3.63, 3.8) is 0 Å². The lowest BCUT2D eigenvalue weighted by molar-refractivity contribution is 0.304. The Morgan fingerprint density at radius 1 is 1.00 bits per heavy atom. The number of nitrogens with zero attached hydrogens (tertiary/aromatic N) is 3. The molecule has 2 aromatic carbocycles. The molecular formula is C21H27N3OSi. The first kappa shape index (κ1) is 19.9. The minimum atomic E-state index is -1.37. The number of likely N-dealkylation sites (N-methyl/N-ethyl adjacent to an activating group) is 1. The maximum Gasteiger partial charge on any atom is 0.129 e. The highest BCUT2D eigenvalue weighted by molar-refractivity contribution is 6.83. The Balaban J connectivity index is 2.10. The first-order valence-corrected chi connectivity index (χ1v) is 12.3. The lowest BCUT2D eigenvalue weighted by Crippen LogP contribution is -2.20. The van der Waals surface area contributed by atoms with Gasteiger partial charge in [0.15, 0.2) is 0 Å². The molecule has 0 aliphatic heterocycles. The van der Waals surface area contributed by atoms with E-state index in [4.69, 9.17) is 5.11 Å². The molecule has 2 rings (SSSR count). The highest BCUT2D eigenvalue weighted by Crippen LogP contribution is 2.23. The maximum atomic E-state index is 9.00. The summed E-state index contributed by atoms with van der Waals surface area (Å²) in [5, 5.41) is 17.6. The number of anilines is 1. The summed E-state index contributed by atoms with van der Waals surface area (Å²) in [5.74, 6) is 3.30. The number of benzene rings is 2. The van der Waals surface area contributed by atoms with E-state index in [0.717, 1.165) is 28.2 Å². The van der Waals surface area contributed by atoms with Gasteiger partial charge in [0.2, 0.25) is 0 Å². The predicted octanol–water partition coefficient (Wildman–Crippen LogP) is 5.07. The Kier molecular flexibility index (Phi) is 6.73. The van der Waals surface area contributed by atoms with Crippen molar-refractivity contribution in [2.45, 2.75) is 26.6 Å². The van der Waals surface area contributed by atoms with Crippen molar-refractivity contribution in [1.82, 2.24) is 0 Å². The van der Waals surface area contributed by atoms with Crippen molar-refractivity contribution in [1.29, 1.82) is 0 Å². The number of hydrogen-bond donors (Lipinski definition) is 1. The van der Waals surface area contributed by atoms with Crippen molar-refractivity contribution < 1.29 is 5.11 Å². The summed E-state index contributed by atoms with van der Waals surface area (Å²) in [6.07, 6.45) is 0. The molecule has 0 radical (unpaired) electrons. The van der Waals surface area contributed by atoms with Crippen molar-refractivity contribution in [3.8, 4) is 11.5 Å². The SMILES string of the molecule is Cc1cc(N=Nc2ccc(N(C)CCO)cc2)ccc1C#C[Si](C)(C)C. The molecule has 0 unspecified atom stereocenters. The lowest BCUT2D eigenvalue weighted by Gasteiger charge is -2.17. The Hall–Kier alpha value is -2.42. The van der Waals surface area contributed by atoms with Crippen molar-refractivity contribution in [2.24, 2.45) is 10.2 Å². The monoisotopic (exact) mass is 365 g/mol. The normalized spacial score (nSPS) is 11.3. The fourth-order valence-corrected chi connectivity index (χ4v) is 2.78. The van der Waals surface area contributed by atoms with Gasteiger partial charge >= 0.3 is 0 Å². The average molecular weight is 366 g/mol. The Morgan fingerprint density at radius 2 is 1.62 bits per heavy atom. The van der Waals surface area contributed by atoms with Gasteiger partial charge in [-0.15, -0.1) is 5.54 Å². The first-order chi connectivity index (χ1) is 12.3. The number of azo groups is 1. The average Bonchev–Trinajstić information content (AvgIpc) is 2.59. The zero-order valence-electron chi connectivity index (χ0n) is 16.2. The number of hydrogen-bond acceptors (Lipinski definition) is 4. The Labute approximate surface area is 157 Å². The second kappa shape index (κ2) is 8.79. The van der Waals surface area contributed by atoms with Gasteiger partial charge in [0.25, 0.3) is 0 Å². The molecule has 0 aliphatic rings. The van der Waals surface area contributed by atoms with Crippen LogP contribution in [0.25, 0.3) is 0 Å². The lowest BCUT2D eigenvalue weighted by atomic mass is 10.1. The maximum absolute atomic E-state index is 9.00. The summed E-state index contributed by atoms with van der Waals surface area (Å²) in [6, 6.07) is 13.8. The van der Waals surface area contributed by atoms with Gasteiger partial charge in [-0.05, 0) is 55.0 Å². The van der Waals surface area contributed by atoms with E-state index in [1.165, 1.54) is 0 Å². The molecule has 0 heterocycles. The van der Waals surface area contributed by atoms with Crippen LogP contribution in [0.5, 0.6) is 0 Å². The topological polar surface area (TPSA) is 48.2 Å². The van der Waals surface area contributed by atoms with Gasteiger partial charge in [-0.25, -0.2) is 0 Å². The summed E-state index contributed by atoms with van der Waals surface area (Å²) < 4.78 is 0. The van der Waals surface area contributed by atoms with Gasteiger partial charge in [0.1, 0.15) is 8.07 Å². The fraction of sp³-hybridized carbons (Fsp3) is 0.333. The molecule has 0 saturated carbocycles. The number of rotatable bonds is 5. The van der Waals surface area contributed by atoms with E-state index in [1.807, 2.05) is 54.4 Å². The number of aryl methyl sites for hydroxylation is 1. The molecule has 2 aromatic rings. The number of aliphatic hydroxyl groups is 1. The standard InChI is InChI=1S/C21H27N3OSi/c1-17-16-20(7-6-18(17)12-15-26(3,4)5)23-22-19-8-10-21(11-9-19)24(2)13-14-25/h6-11,16,25H,13-14H2,1-5H3. The van der Waals surface area contributed by atoms with E-state index >= 15 is 0 Å². The van der Waals surface area contributed by atoms with Gasteiger partial charge < -0.3 is 10.0 Å². The van der Waals surface area contributed by atoms with Gasteiger partial charge in [-0.2, -0.15) is 10.2 Å². The quantitative estimate of drug-likeness (QED) is 0.457. The van der Waals surface area contributed by atoms with E-state index in [1.54, 1.807) is 0 Å². The zero-order valence-corrected chi connectivity index (χ0v) is 17.2. The van der Waals surface area contributed by atoms with Crippen molar-refractivity contribution in [2.75, 3.05) is 25.1 Å². The highest BCUT2D eigenvalue weighted by atomic mass is 28.3.